The highest BCUT2D eigenvalue weighted by Crippen LogP contribution is 2.40. The molecular weight excluding hydrogens is 584 g/mol. The van der Waals surface area contributed by atoms with Crippen LogP contribution >= 0.6 is 23.4 Å². The Kier molecular flexibility index (Phi) is 9.62. The zero-order chi connectivity index (χ0) is 30.5. The molecule has 4 aromatic rings. The molecule has 1 N–H and O–H groups in total. The van der Waals surface area contributed by atoms with Gasteiger partial charge in [-0.15, -0.1) is 5.10 Å². The van der Waals surface area contributed by atoms with Crippen molar-refractivity contribution < 1.29 is 19.0 Å². The van der Waals surface area contributed by atoms with Crippen LogP contribution in [0.3, 0.4) is 0 Å². The number of anilines is 1. The molecule has 224 valence electrons. The van der Waals surface area contributed by atoms with Gasteiger partial charge in [0.05, 0.1) is 18.3 Å². The molecule has 1 atom stereocenters. The number of halogens is 1. The topological polar surface area (TPSA) is 87.5 Å². The minimum Gasteiger partial charge on any atom is -0.490 e. The highest BCUT2D eigenvalue weighted by molar-refractivity contribution is 7.98. The van der Waals surface area contributed by atoms with Gasteiger partial charge in [-0.25, -0.2) is 9.48 Å². The first kappa shape index (κ1) is 30.5. The smallest absolute Gasteiger partial charge is 0.338 e. The second-order valence-electron chi connectivity index (χ2n) is 10.4. The van der Waals surface area contributed by atoms with Crippen molar-refractivity contribution in [1.29, 1.82) is 0 Å². The van der Waals surface area contributed by atoms with E-state index >= 15 is 0 Å². The molecule has 8 nitrogen and oxygen atoms in total. The number of benzene rings is 3. The molecule has 5 rings (SSSR count). The van der Waals surface area contributed by atoms with Crippen molar-refractivity contribution in [3.05, 3.63) is 105 Å². The molecule has 0 saturated heterocycles. The Balaban J connectivity index is 1.50. The van der Waals surface area contributed by atoms with E-state index in [4.69, 9.17) is 35.9 Å². The summed E-state index contributed by atoms with van der Waals surface area (Å²) in [7, 11) is 0. The zero-order valence-electron chi connectivity index (χ0n) is 24.9. The minimum absolute atomic E-state index is 0.288. The lowest BCUT2D eigenvalue weighted by molar-refractivity contribution is -0.143. The van der Waals surface area contributed by atoms with Gasteiger partial charge in [-0.1, -0.05) is 71.9 Å². The first-order valence-corrected chi connectivity index (χ1v) is 15.6. The molecule has 1 unspecified atom stereocenters. The van der Waals surface area contributed by atoms with Crippen LogP contribution in [0.1, 0.15) is 56.0 Å². The average molecular weight is 619 g/mol. The van der Waals surface area contributed by atoms with Crippen LogP contribution in [0.25, 0.3) is 0 Å². The maximum absolute atomic E-state index is 13.5. The molecule has 0 aliphatic carbocycles. The van der Waals surface area contributed by atoms with Gasteiger partial charge in [0.15, 0.2) is 11.5 Å². The number of carbonyl (C=O) groups excluding carboxylic acids is 1. The fourth-order valence-electron chi connectivity index (χ4n) is 4.81. The van der Waals surface area contributed by atoms with Gasteiger partial charge in [0.2, 0.25) is 11.1 Å². The van der Waals surface area contributed by atoms with Crippen LogP contribution in [0.15, 0.2) is 83.2 Å². The highest BCUT2D eigenvalue weighted by atomic mass is 35.5. The first-order chi connectivity index (χ1) is 20.7. The largest absolute Gasteiger partial charge is 0.490 e. The summed E-state index contributed by atoms with van der Waals surface area (Å²) in [5.41, 5.74) is 5.13. The van der Waals surface area contributed by atoms with Crippen LogP contribution in [0.5, 0.6) is 11.5 Å². The number of nitrogens with zero attached hydrogens (tertiary/aromatic N) is 3. The van der Waals surface area contributed by atoms with E-state index in [1.807, 2.05) is 88.4 Å². The van der Waals surface area contributed by atoms with E-state index < -0.39 is 12.0 Å². The molecule has 1 aliphatic heterocycles. The third kappa shape index (κ3) is 7.00. The van der Waals surface area contributed by atoms with E-state index in [2.05, 4.69) is 18.3 Å². The van der Waals surface area contributed by atoms with E-state index in [-0.39, 0.29) is 6.10 Å². The number of aryl methyl sites for hydroxylation is 1. The summed E-state index contributed by atoms with van der Waals surface area (Å²) in [6.07, 6.45) is -0.288. The van der Waals surface area contributed by atoms with Crippen molar-refractivity contribution in [2.75, 3.05) is 11.9 Å². The Morgan fingerprint density at radius 1 is 1.02 bits per heavy atom. The van der Waals surface area contributed by atoms with Gasteiger partial charge < -0.3 is 19.5 Å². The molecule has 10 heteroatoms. The molecule has 0 amide bonds. The highest BCUT2D eigenvalue weighted by Gasteiger charge is 2.36. The van der Waals surface area contributed by atoms with Gasteiger partial charge in [0, 0.05) is 16.5 Å². The summed E-state index contributed by atoms with van der Waals surface area (Å²) in [6.45, 7) is 10.4. The van der Waals surface area contributed by atoms with Crippen molar-refractivity contribution >= 4 is 35.3 Å². The molecule has 1 aliphatic rings. The van der Waals surface area contributed by atoms with Gasteiger partial charge >= 0.3 is 5.97 Å². The van der Waals surface area contributed by atoms with Gasteiger partial charge in [-0.2, -0.15) is 4.98 Å². The summed E-state index contributed by atoms with van der Waals surface area (Å²) < 4.78 is 19.7. The average Bonchev–Trinajstić information content (AvgIpc) is 3.38. The molecule has 0 saturated carbocycles. The van der Waals surface area contributed by atoms with E-state index in [1.54, 1.807) is 4.68 Å². The quantitative estimate of drug-likeness (QED) is 0.135. The third-order valence-electron chi connectivity index (χ3n) is 6.94. The number of thioether (sulfide) groups is 1. The molecule has 3 aromatic carbocycles. The fraction of sp³-hybridized carbons (Fsp3) is 0.303. The maximum atomic E-state index is 13.5. The van der Waals surface area contributed by atoms with E-state index in [9.17, 15) is 4.79 Å². The SMILES string of the molecule is CCOc1cc(C2C(C(=O)OC(C)C)=C(C)Nc3nc(SCc4ccccc4Cl)nn32)ccc1OCc1ccccc1C. The van der Waals surface area contributed by atoms with Crippen LogP contribution < -0.4 is 14.8 Å². The summed E-state index contributed by atoms with van der Waals surface area (Å²) >= 11 is 7.85. The molecule has 0 radical (unpaired) electrons. The lowest BCUT2D eigenvalue weighted by Crippen LogP contribution is -2.30. The number of esters is 1. The molecule has 0 fully saturated rings. The van der Waals surface area contributed by atoms with E-state index in [1.165, 1.54) is 11.8 Å². The summed E-state index contributed by atoms with van der Waals surface area (Å²) in [5, 5.41) is 9.34. The van der Waals surface area contributed by atoms with Crippen molar-refractivity contribution in [2.24, 2.45) is 0 Å². The van der Waals surface area contributed by atoms with Crippen LogP contribution in [0.4, 0.5) is 5.95 Å². The van der Waals surface area contributed by atoms with Crippen LogP contribution in [-0.2, 0) is 21.9 Å². The second-order valence-corrected chi connectivity index (χ2v) is 11.8. The number of fused-ring (bicyclic) bond motifs is 1. The Labute approximate surface area is 261 Å². The number of nitrogens with one attached hydrogen (secondary N) is 1. The number of carbonyl (C=O) groups is 1. The predicted octanol–water partition coefficient (Wildman–Crippen LogP) is 7.75. The number of hydrogen-bond acceptors (Lipinski definition) is 8. The van der Waals surface area contributed by atoms with Crippen molar-refractivity contribution in [3.63, 3.8) is 0 Å². The molecule has 0 bridgehead atoms. The van der Waals surface area contributed by atoms with Gasteiger partial charge in [0.1, 0.15) is 12.6 Å². The molecule has 1 aromatic heterocycles. The second kappa shape index (κ2) is 13.6. The van der Waals surface area contributed by atoms with Crippen molar-refractivity contribution in [2.45, 2.75) is 64.3 Å². The lowest BCUT2D eigenvalue weighted by atomic mass is 9.95. The third-order valence-corrected chi connectivity index (χ3v) is 8.19. The Hall–Kier alpha value is -3.95. The molecular formula is C33H35ClN4O4S. The first-order valence-electron chi connectivity index (χ1n) is 14.2. The number of rotatable bonds is 11. The normalized spacial score (nSPS) is 14.3. The van der Waals surface area contributed by atoms with E-state index in [0.717, 1.165) is 22.3 Å². The zero-order valence-corrected chi connectivity index (χ0v) is 26.5. The molecule has 2 heterocycles. The van der Waals surface area contributed by atoms with Gasteiger partial charge in [-0.05, 0) is 75.1 Å². The van der Waals surface area contributed by atoms with Crippen LogP contribution in [-0.4, -0.2) is 33.4 Å². The predicted molar refractivity (Wildman–Crippen MR) is 170 cm³/mol. The Morgan fingerprint density at radius 3 is 2.49 bits per heavy atom. The number of ether oxygens (including phenoxy) is 3. The van der Waals surface area contributed by atoms with Gasteiger partial charge in [0.25, 0.3) is 0 Å². The van der Waals surface area contributed by atoms with Crippen LogP contribution in [0.2, 0.25) is 5.02 Å². The fourth-order valence-corrected chi connectivity index (χ4v) is 5.93. The summed E-state index contributed by atoms with van der Waals surface area (Å²) in [5.74, 6) is 1.91. The maximum Gasteiger partial charge on any atom is 0.338 e. The number of aromatic nitrogens is 3. The Morgan fingerprint density at radius 2 is 1.77 bits per heavy atom. The van der Waals surface area contributed by atoms with Crippen molar-refractivity contribution in [3.8, 4) is 11.5 Å². The lowest BCUT2D eigenvalue weighted by Gasteiger charge is -2.29. The standard InChI is InChI=1S/C33H35ClN4O4S/c1-6-40-28-17-23(15-16-27(28)41-18-24-12-8-7-11-21(24)4)30-29(31(39)42-20(2)3)22(5)35-32-36-33(37-38(30)32)43-19-25-13-9-10-14-26(25)34/h7-17,20,30H,6,18-19H2,1-5H3,(H,35,36,37). The molecule has 43 heavy (non-hydrogen) atoms. The van der Waals surface area contributed by atoms with E-state index in [0.29, 0.717) is 57.9 Å². The van der Waals surface area contributed by atoms with Crippen molar-refractivity contribution in [1.82, 2.24) is 14.8 Å². The monoisotopic (exact) mass is 618 g/mol. The summed E-state index contributed by atoms with van der Waals surface area (Å²) in [6, 6.07) is 20.9. The van der Waals surface area contributed by atoms with Crippen LogP contribution in [0, 0.1) is 6.92 Å². The van der Waals surface area contributed by atoms with Gasteiger partial charge in [-0.3, -0.25) is 0 Å². The Bertz CT molecular complexity index is 1650. The number of hydrogen-bond donors (Lipinski definition) is 1. The number of allylic oxidation sites excluding steroid dienone is 1. The minimum atomic E-state index is -0.603. The molecule has 0 spiro atoms. The summed E-state index contributed by atoms with van der Waals surface area (Å²) in [4.78, 5) is 18.2.